The van der Waals surface area contributed by atoms with E-state index in [-0.39, 0.29) is 0 Å². The van der Waals surface area contributed by atoms with Gasteiger partial charge < -0.3 is 5.11 Å². The fraction of sp³-hybridized carbons (Fsp3) is 0.429. The van der Waals surface area contributed by atoms with Gasteiger partial charge in [-0.2, -0.15) is 5.10 Å². The van der Waals surface area contributed by atoms with Gasteiger partial charge in [0.15, 0.2) is 0 Å². The van der Waals surface area contributed by atoms with Crippen LogP contribution in [0.5, 0.6) is 0 Å². The quantitative estimate of drug-likeness (QED) is 0.941. The SMILES string of the molecule is CCc1nn(C)c(CC(O)c2ccncc2C)c1Br. The summed E-state index contributed by atoms with van der Waals surface area (Å²) >= 11 is 3.58. The van der Waals surface area contributed by atoms with Gasteiger partial charge in [0.25, 0.3) is 0 Å². The standard InChI is InChI=1S/C14H18BrN3O/c1-4-11-14(15)12(18(3)17-11)7-13(19)10-5-6-16-8-9(10)2/h5-6,8,13,19H,4,7H2,1-3H3. The lowest BCUT2D eigenvalue weighted by molar-refractivity contribution is 0.174. The minimum absolute atomic E-state index is 0.537. The zero-order valence-corrected chi connectivity index (χ0v) is 13.0. The van der Waals surface area contributed by atoms with Crippen molar-refractivity contribution >= 4 is 15.9 Å². The first-order valence-electron chi connectivity index (χ1n) is 6.33. The molecule has 1 unspecified atom stereocenters. The topological polar surface area (TPSA) is 50.9 Å². The Bertz CT molecular complexity index is 580. The summed E-state index contributed by atoms with van der Waals surface area (Å²) in [5, 5.41) is 14.8. The molecule has 0 radical (unpaired) electrons. The molecule has 0 amide bonds. The Morgan fingerprint density at radius 3 is 2.79 bits per heavy atom. The van der Waals surface area contributed by atoms with E-state index in [0.29, 0.717) is 6.42 Å². The molecule has 0 aliphatic heterocycles. The first-order chi connectivity index (χ1) is 9.04. The first kappa shape index (κ1) is 14.2. The van der Waals surface area contributed by atoms with Gasteiger partial charge in [-0.3, -0.25) is 9.67 Å². The van der Waals surface area contributed by atoms with Gasteiger partial charge in [-0.05, 0) is 46.5 Å². The van der Waals surface area contributed by atoms with Crippen LogP contribution in [0.3, 0.4) is 0 Å². The Morgan fingerprint density at radius 1 is 1.47 bits per heavy atom. The first-order valence-corrected chi connectivity index (χ1v) is 7.12. The summed E-state index contributed by atoms with van der Waals surface area (Å²) in [6.07, 6.45) is 4.35. The highest BCUT2D eigenvalue weighted by molar-refractivity contribution is 9.10. The van der Waals surface area contributed by atoms with Gasteiger partial charge in [-0.25, -0.2) is 0 Å². The average molecular weight is 324 g/mol. The lowest BCUT2D eigenvalue weighted by Gasteiger charge is -2.13. The summed E-state index contributed by atoms with van der Waals surface area (Å²) in [6.45, 7) is 4.03. The highest BCUT2D eigenvalue weighted by atomic mass is 79.9. The minimum Gasteiger partial charge on any atom is -0.388 e. The zero-order chi connectivity index (χ0) is 14.0. The molecule has 2 heterocycles. The molecule has 0 fully saturated rings. The van der Waals surface area contributed by atoms with Crippen LogP contribution in [0.25, 0.3) is 0 Å². The van der Waals surface area contributed by atoms with Gasteiger partial charge in [-0.1, -0.05) is 6.92 Å². The maximum absolute atomic E-state index is 10.4. The van der Waals surface area contributed by atoms with E-state index in [1.54, 1.807) is 12.4 Å². The molecule has 19 heavy (non-hydrogen) atoms. The molecule has 5 heteroatoms. The average Bonchev–Trinajstić information content (AvgIpc) is 2.66. The third kappa shape index (κ3) is 2.87. The Morgan fingerprint density at radius 2 is 2.21 bits per heavy atom. The second-order valence-corrected chi connectivity index (χ2v) is 5.43. The lowest BCUT2D eigenvalue weighted by Crippen LogP contribution is -2.08. The van der Waals surface area contributed by atoms with E-state index in [9.17, 15) is 5.11 Å². The summed E-state index contributed by atoms with van der Waals surface area (Å²) in [7, 11) is 1.91. The summed E-state index contributed by atoms with van der Waals surface area (Å²) in [4.78, 5) is 4.05. The van der Waals surface area contributed by atoms with Crippen LogP contribution in [0.4, 0.5) is 0 Å². The van der Waals surface area contributed by atoms with Crippen molar-refractivity contribution in [3.05, 3.63) is 45.4 Å². The van der Waals surface area contributed by atoms with Crippen molar-refractivity contribution in [2.45, 2.75) is 32.8 Å². The molecule has 1 N–H and O–H groups in total. The van der Waals surface area contributed by atoms with Crippen LogP contribution in [0.15, 0.2) is 22.9 Å². The highest BCUT2D eigenvalue weighted by Gasteiger charge is 2.18. The molecule has 0 saturated heterocycles. The molecule has 102 valence electrons. The number of aliphatic hydroxyl groups excluding tert-OH is 1. The van der Waals surface area contributed by atoms with Crippen molar-refractivity contribution < 1.29 is 5.11 Å². The van der Waals surface area contributed by atoms with E-state index in [2.05, 4.69) is 32.9 Å². The van der Waals surface area contributed by atoms with Crippen molar-refractivity contribution in [3.8, 4) is 0 Å². The monoisotopic (exact) mass is 323 g/mol. The Hall–Kier alpha value is -1.20. The molecular formula is C14H18BrN3O. The van der Waals surface area contributed by atoms with E-state index >= 15 is 0 Å². The fourth-order valence-electron chi connectivity index (χ4n) is 2.19. The van der Waals surface area contributed by atoms with Gasteiger partial charge in [0.1, 0.15) is 0 Å². The van der Waals surface area contributed by atoms with E-state index in [0.717, 1.165) is 33.4 Å². The molecule has 0 saturated carbocycles. The number of hydrogen-bond acceptors (Lipinski definition) is 3. The summed E-state index contributed by atoms with van der Waals surface area (Å²) in [5.41, 5.74) is 3.96. The highest BCUT2D eigenvalue weighted by Crippen LogP contribution is 2.27. The van der Waals surface area contributed by atoms with Crippen LogP contribution in [-0.2, 0) is 19.9 Å². The van der Waals surface area contributed by atoms with Gasteiger partial charge >= 0.3 is 0 Å². The number of aliphatic hydroxyl groups is 1. The Kier molecular flexibility index (Phi) is 4.37. The van der Waals surface area contributed by atoms with Crippen molar-refractivity contribution in [1.82, 2.24) is 14.8 Å². The summed E-state index contributed by atoms with van der Waals surface area (Å²) < 4.78 is 2.84. The van der Waals surface area contributed by atoms with E-state index in [1.807, 2.05) is 24.7 Å². The molecule has 0 aromatic carbocycles. The third-order valence-electron chi connectivity index (χ3n) is 3.31. The van der Waals surface area contributed by atoms with Crippen molar-refractivity contribution in [3.63, 3.8) is 0 Å². The maximum Gasteiger partial charge on any atom is 0.0849 e. The van der Waals surface area contributed by atoms with Crippen LogP contribution in [0.1, 0.15) is 35.5 Å². The van der Waals surface area contributed by atoms with Crippen LogP contribution in [0, 0.1) is 6.92 Å². The van der Waals surface area contributed by atoms with Crippen LogP contribution in [0.2, 0.25) is 0 Å². The van der Waals surface area contributed by atoms with E-state index in [1.165, 1.54) is 0 Å². The van der Waals surface area contributed by atoms with Gasteiger partial charge in [0.05, 0.1) is 22.0 Å². The zero-order valence-electron chi connectivity index (χ0n) is 11.4. The predicted molar refractivity (Wildman–Crippen MR) is 77.9 cm³/mol. The molecule has 0 bridgehead atoms. The molecule has 0 aliphatic rings. The Balaban J connectivity index is 2.27. The normalized spacial score (nSPS) is 12.7. The smallest absolute Gasteiger partial charge is 0.0849 e. The van der Waals surface area contributed by atoms with Gasteiger partial charge in [0, 0.05) is 25.9 Å². The number of halogens is 1. The number of rotatable bonds is 4. The van der Waals surface area contributed by atoms with Gasteiger partial charge in [-0.15, -0.1) is 0 Å². The van der Waals surface area contributed by atoms with Crippen molar-refractivity contribution in [2.24, 2.45) is 7.05 Å². The Labute approximate surface area is 121 Å². The van der Waals surface area contributed by atoms with Crippen molar-refractivity contribution in [2.75, 3.05) is 0 Å². The lowest BCUT2D eigenvalue weighted by atomic mass is 10.0. The third-order valence-corrected chi connectivity index (χ3v) is 4.23. The van der Waals surface area contributed by atoms with Gasteiger partial charge in [0.2, 0.25) is 0 Å². The number of hydrogen-bond donors (Lipinski definition) is 1. The second kappa shape index (κ2) is 5.84. The molecule has 2 aromatic rings. The molecule has 1 atom stereocenters. The molecule has 2 rings (SSSR count). The van der Waals surface area contributed by atoms with Crippen LogP contribution >= 0.6 is 15.9 Å². The fourth-order valence-corrected chi connectivity index (χ4v) is 2.97. The summed E-state index contributed by atoms with van der Waals surface area (Å²) in [6, 6.07) is 1.87. The number of pyridine rings is 1. The summed E-state index contributed by atoms with van der Waals surface area (Å²) in [5.74, 6) is 0. The minimum atomic E-state index is -0.542. The second-order valence-electron chi connectivity index (χ2n) is 4.64. The predicted octanol–water partition coefficient (Wildman–Crippen LogP) is 2.72. The van der Waals surface area contributed by atoms with Crippen LogP contribution in [-0.4, -0.2) is 19.9 Å². The number of nitrogens with zero attached hydrogens (tertiary/aromatic N) is 3. The molecule has 0 spiro atoms. The maximum atomic E-state index is 10.4. The van der Waals surface area contributed by atoms with E-state index < -0.39 is 6.10 Å². The molecule has 0 aliphatic carbocycles. The molecule has 4 nitrogen and oxygen atoms in total. The molecular weight excluding hydrogens is 306 g/mol. The largest absolute Gasteiger partial charge is 0.388 e. The van der Waals surface area contributed by atoms with Crippen molar-refractivity contribution in [1.29, 1.82) is 0 Å². The number of aryl methyl sites for hydroxylation is 3. The van der Waals surface area contributed by atoms with Crippen LogP contribution < -0.4 is 0 Å². The van der Waals surface area contributed by atoms with E-state index in [4.69, 9.17) is 0 Å². The molecule has 2 aromatic heterocycles. The number of aromatic nitrogens is 3.